The summed E-state index contributed by atoms with van der Waals surface area (Å²) in [5, 5.41) is 24.0. The SMILES string of the molecule is CCCS(=O)(=O)NCc1nc(NCC(c2ccccc2)c2ccccc2)c2ncn(CC[C@H]3O[C@H](C(N)=O)[C@@H](O)[C@H]3O)c2n1. The Morgan fingerprint density at radius 1 is 1.05 bits per heavy atom. The zero-order valence-electron chi connectivity index (χ0n) is 24.3. The van der Waals surface area contributed by atoms with E-state index in [4.69, 9.17) is 10.5 Å². The molecule has 1 fully saturated rings. The molecule has 14 heteroatoms. The van der Waals surface area contributed by atoms with Gasteiger partial charge in [-0.1, -0.05) is 67.6 Å². The van der Waals surface area contributed by atoms with Gasteiger partial charge < -0.3 is 30.6 Å². The normalized spacial score (nSPS) is 20.4. The molecule has 234 valence electrons. The largest absolute Gasteiger partial charge is 0.388 e. The molecule has 2 aromatic heterocycles. The van der Waals surface area contributed by atoms with Gasteiger partial charge >= 0.3 is 0 Å². The number of sulfonamides is 1. The Labute approximate surface area is 255 Å². The van der Waals surface area contributed by atoms with E-state index in [0.29, 0.717) is 29.9 Å². The van der Waals surface area contributed by atoms with Crippen LogP contribution in [0.5, 0.6) is 0 Å². The maximum atomic E-state index is 12.4. The van der Waals surface area contributed by atoms with E-state index in [9.17, 15) is 23.4 Å². The number of aliphatic hydroxyl groups excluding tert-OH is 2. The van der Waals surface area contributed by atoms with Crippen LogP contribution in [0.2, 0.25) is 0 Å². The monoisotopic (exact) mass is 623 g/mol. The minimum Gasteiger partial charge on any atom is -0.388 e. The van der Waals surface area contributed by atoms with Gasteiger partial charge in [0.1, 0.15) is 23.5 Å². The molecule has 1 aliphatic heterocycles. The van der Waals surface area contributed by atoms with E-state index in [1.54, 1.807) is 17.8 Å². The molecule has 2 aromatic carbocycles. The number of aromatic nitrogens is 4. The van der Waals surface area contributed by atoms with Crippen LogP contribution in [0.3, 0.4) is 0 Å². The Morgan fingerprint density at radius 2 is 1.70 bits per heavy atom. The van der Waals surface area contributed by atoms with E-state index in [2.05, 4.69) is 49.3 Å². The minimum atomic E-state index is -3.51. The lowest BCUT2D eigenvalue weighted by molar-refractivity contribution is -0.132. The van der Waals surface area contributed by atoms with Crippen molar-refractivity contribution in [3.05, 3.63) is 83.9 Å². The second-order valence-electron chi connectivity index (χ2n) is 10.8. The number of primary amides is 1. The van der Waals surface area contributed by atoms with Crippen LogP contribution in [0, 0.1) is 0 Å². The average Bonchev–Trinajstić information content (AvgIpc) is 3.56. The number of imidazole rings is 1. The number of rotatable bonds is 14. The number of hydrogen-bond acceptors (Lipinski definition) is 10. The number of nitrogens with one attached hydrogen (secondary N) is 2. The van der Waals surface area contributed by atoms with Crippen molar-refractivity contribution in [1.82, 2.24) is 24.2 Å². The Morgan fingerprint density at radius 3 is 2.30 bits per heavy atom. The van der Waals surface area contributed by atoms with Gasteiger partial charge in [0.15, 0.2) is 17.6 Å². The van der Waals surface area contributed by atoms with Gasteiger partial charge in [-0.3, -0.25) is 4.79 Å². The molecule has 0 spiro atoms. The van der Waals surface area contributed by atoms with Crippen molar-refractivity contribution >= 4 is 32.9 Å². The number of hydrogen-bond donors (Lipinski definition) is 5. The van der Waals surface area contributed by atoms with Gasteiger partial charge in [-0.25, -0.2) is 28.1 Å². The molecule has 0 aliphatic carbocycles. The standard InChI is InChI=1S/C30H37N7O6S/c1-2-15-44(41,42)34-17-23-35-29(32-16-21(19-9-5-3-6-10-19)20-11-7-4-8-12-20)24-30(36-23)37(18-33-24)14-13-22-25(38)26(39)27(43-22)28(31)40/h3-12,18,21-22,25-27,34,38-39H,2,13-17H2,1H3,(H2,31,40)(H,32,35,36)/t22-,25+,26+,27+/m1/s1. The van der Waals surface area contributed by atoms with E-state index in [1.807, 2.05) is 36.4 Å². The summed E-state index contributed by atoms with van der Waals surface area (Å²) in [7, 11) is -3.51. The highest BCUT2D eigenvalue weighted by Crippen LogP contribution is 2.28. The third kappa shape index (κ3) is 7.22. The zero-order chi connectivity index (χ0) is 31.3. The number of amides is 1. The van der Waals surface area contributed by atoms with Crippen molar-refractivity contribution in [1.29, 1.82) is 0 Å². The van der Waals surface area contributed by atoms with Gasteiger partial charge in [-0.2, -0.15) is 0 Å². The van der Waals surface area contributed by atoms with Crippen LogP contribution in [-0.4, -0.2) is 80.8 Å². The predicted octanol–water partition coefficient (Wildman–Crippen LogP) is 1.26. The highest BCUT2D eigenvalue weighted by atomic mass is 32.2. The summed E-state index contributed by atoms with van der Waals surface area (Å²) in [6.45, 7) is 2.41. The van der Waals surface area contributed by atoms with E-state index < -0.39 is 40.3 Å². The summed E-state index contributed by atoms with van der Waals surface area (Å²) in [6, 6.07) is 20.2. The lowest BCUT2D eigenvalue weighted by atomic mass is 9.91. The van der Waals surface area contributed by atoms with Gasteiger partial charge in [0.05, 0.1) is 24.7 Å². The second kappa shape index (κ2) is 13.8. The molecule has 1 saturated heterocycles. The zero-order valence-corrected chi connectivity index (χ0v) is 25.1. The highest BCUT2D eigenvalue weighted by Gasteiger charge is 2.45. The maximum Gasteiger partial charge on any atom is 0.249 e. The summed E-state index contributed by atoms with van der Waals surface area (Å²) in [6.07, 6.45) is -2.57. The lowest BCUT2D eigenvalue weighted by Crippen LogP contribution is -2.39. The van der Waals surface area contributed by atoms with Gasteiger partial charge in [0, 0.05) is 19.0 Å². The molecule has 1 aliphatic rings. The van der Waals surface area contributed by atoms with Gasteiger partial charge in [0.25, 0.3) is 0 Å². The first-order chi connectivity index (χ1) is 21.2. The summed E-state index contributed by atoms with van der Waals surface area (Å²) in [4.78, 5) is 25.4. The number of benzene rings is 2. The predicted molar refractivity (Wildman–Crippen MR) is 164 cm³/mol. The molecule has 4 atom stereocenters. The molecule has 5 rings (SSSR count). The fourth-order valence-corrected chi connectivity index (χ4v) is 6.39. The van der Waals surface area contributed by atoms with Crippen LogP contribution >= 0.6 is 0 Å². The smallest absolute Gasteiger partial charge is 0.249 e. The third-order valence-electron chi connectivity index (χ3n) is 7.61. The van der Waals surface area contributed by atoms with Crippen molar-refractivity contribution in [3.8, 4) is 0 Å². The van der Waals surface area contributed by atoms with E-state index >= 15 is 0 Å². The Balaban J connectivity index is 1.43. The molecule has 4 aromatic rings. The van der Waals surface area contributed by atoms with Gasteiger partial charge in [-0.15, -0.1) is 0 Å². The number of ether oxygens (including phenoxy) is 1. The fourth-order valence-electron chi connectivity index (χ4n) is 5.36. The topological polar surface area (TPSA) is 195 Å². The average molecular weight is 624 g/mol. The summed E-state index contributed by atoms with van der Waals surface area (Å²) in [5.74, 6) is -0.192. The first-order valence-corrected chi connectivity index (χ1v) is 16.2. The lowest BCUT2D eigenvalue weighted by Gasteiger charge is -2.19. The number of nitrogens with zero attached hydrogens (tertiary/aromatic N) is 4. The van der Waals surface area contributed by atoms with E-state index in [-0.39, 0.29) is 37.0 Å². The molecule has 0 radical (unpaired) electrons. The Kier molecular flexibility index (Phi) is 9.86. The maximum absolute atomic E-state index is 12.4. The first-order valence-electron chi connectivity index (χ1n) is 14.5. The third-order valence-corrected chi connectivity index (χ3v) is 9.14. The van der Waals surface area contributed by atoms with Gasteiger partial charge in [-0.05, 0) is 24.0 Å². The molecule has 6 N–H and O–H groups in total. The van der Waals surface area contributed by atoms with E-state index in [0.717, 1.165) is 11.1 Å². The summed E-state index contributed by atoms with van der Waals surface area (Å²) >= 11 is 0. The van der Waals surface area contributed by atoms with Crippen LogP contribution in [0.15, 0.2) is 67.0 Å². The Hall–Kier alpha value is -3.95. The molecule has 0 saturated carbocycles. The molecule has 3 heterocycles. The van der Waals surface area contributed by atoms with Crippen molar-refractivity contribution in [2.75, 3.05) is 17.6 Å². The van der Waals surface area contributed by atoms with E-state index in [1.165, 1.54) is 0 Å². The van der Waals surface area contributed by atoms with Crippen molar-refractivity contribution in [2.45, 2.75) is 63.2 Å². The molecule has 13 nitrogen and oxygen atoms in total. The number of carbonyl (C=O) groups excluding carboxylic acids is 1. The molecular weight excluding hydrogens is 586 g/mol. The molecule has 0 bridgehead atoms. The molecular formula is C30H37N7O6S. The van der Waals surface area contributed by atoms with Crippen LogP contribution in [0.25, 0.3) is 11.2 Å². The molecule has 1 amide bonds. The number of nitrogens with two attached hydrogens (primary N) is 1. The van der Waals surface area contributed by atoms with Crippen molar-refractivity contribution in [3.63, 3.8) is 0 Å². The van der Waals surface area contributed by atoms with Crippen LogP contribution in [0.1, 0.15) is 42.6 Å². The van der Waals surface area contributed by atoms with Crippen molar-refractivity contribution in [2.24, 2.45) is 5.73 Å². The minimum absolute atomic E-state index is 0.0124. The number of aliphatic hydroxyl groups is 2. The highest BCUT2D eigenvalue weighted by molar-refractivity contribution is 7.89. The number of fused-ring (bicyclic) bond motifs is 1. The van der Waals surface area contributed by atoms with Crippen LogP contribution < -0.4 is 15.8 Å². The number of anilines is 1. The Bertz CT molecular complexity index is 1630. The fraction of sp³-hybridized carbons (Fsp3) is 0.400. The quantitative estimate of drug-likeness (QED) is 0.136. The summed E-state index contributed by atoms with van der Waals surface area (Å²) in [5.41, 5.74) is 8.44. The number of aryl methyl sites for hydroxylation is 1. The van der Waals surface area contributed by atoms with Gasteiger partial charge in [0.2, 0.25) is 15.9 Å². The van der Waals surface area contributed by atoms with Crippen LogP contribution in [-0.2, 0) is 32.6 Å². The van der Waals surface area contributed by atoms with Crippen LogP contribution in [0.4, 0.5) is 5.82 Å². The molecule has 44 heavy (non-hydrogen) atoms. The number of carbonyl (C=O) groups is 1. The summed E-state index contributed by atoms with van der Waals surface area (Å²) < 4.78 is 34.6. The second-order valence-corrected chi connectivity index (χ2v) is 12.7. The van der Waals surface area contributed by atoms with Crippen molar-refractivity contribution < 1.29 is 28.2 Å². The first kappa shape index (κ1) is 31.5. The molecule has 0 unspecified atom stereocenters.